The van der Waals surface area contributed by atoms with Gasteiger partial charge in [-0.2, -0.15) is 0 Å². The Hall–Kier alpha value is -4.15. The maximum atomic E-state index is 15.3. The monoisotopic (exact) mass is 597 g/mol. The van der Waals surface area contributed by atoms with Crippen molar-refractivity contribution >= 4 is 35.8 Å². The molecule has 4 N–H and O–H groups in total. The van der Waals surface area contributed by atoms with Gasteiger partial charge in [-0.05, 0) is 80.8 Å². The van der Waals surface area contributed by atoms with Gasteiger partial charge in [0.15, 0.2) is 11.6 Å². The molecule has 11 heteroatoms. The minimum atomic E-state index is -0.761. The molecule has 0 unspecified atom stereocenters. The first kappa shape index (κ1) is 30.8. The maximum Gasteiger partial charge on any atom is 0.338 e. The van der Waals surface area contributed by atoms with Gasteiger partial charge in [0, 0.05) is 30.8 Å². The van der Waals surface area contributed by atoms with Crippen molar-refractivity contribution in [3.63, 3.8) is 0 Å². The Kier molecular flexibility index (Phi) is 10.0. The quantitative estimate of drug-likeness (QED) is 0.236. The molecule has 42 heavy (non-hydrogen) atoms. The minimum Gasteiger partial charge on any atom is -0.508 e. The van der Waals surface area contributed by atoms with Crippen LogP contribution in [-0.2, 0) is 4.74 Å². The number of amides is 1. The molecule has 0 bridgehead atoms. The molecule has 0 spiro atoms. The molecule has 2 aliphatic heterocycles. The van der Waals surface area contributed by atoms with Crippen LogP contribution >= 0.6 is 12.4 Å². The molecule has 0 aliphatic carbocycles. The molecular weight excluding hydrogens is 565 g/mol. The highest BCUT2D eigenvalue weighted by Gasteiger charge is 2.30. The van der Waals surface area contributed by atoms with E-state index in [9.17, 15) is 24.6 Å². The zero-order chi connectivity index (χ0) is 28.9. The normalized spacial score (nSPS) is 18.5. The summed E-state index contributed by atoms with van der Waals surface area (Å²) in [5, 5.41) is 25.9. The number of hydrogen-bond acceptors (Lipinski definition) is 8. The molecule has 1 amide bonds. The molecule has 9 nitrogen and oxygen atoms in total. The van der Waals surface area contributed by atoms with Crippen molar-refractivity contribution in [2.24, 2.45) is 0 Å². The van der Waals surface area contributed by atoms with Crippen LogP contribution in [0.25, 0.3) is 0 Å². The summed E-state index contributed by atoms with van der Waals surface area (Å²) < 4.78 is 21.1. The largest absolute Gasteiger partial charge is 0.508 e. The molecule has 3 aromatic carbocycles. The van der Waals surface area contributed by atoms with E-state index in [0.29, 0.717) is 38.2 Å². The van der Waals surface area contributed by atoms with Crippen LogP contribution in [0.1, 0.15) is 62.3 Å². The molecule has 2 heterocycles. The van der Waals surface area contributed by atoms with Crippen LogP contribution in [0.2, 0.25) is 0 Å². The van der Waals surface area contributed by atoms with E-state index in [2.05, 4.69) is 10.6 Å². The lowest BCUT2D eigenvalue weighted by molar-refractivity contribution is 0.0192. The number of carbonyl (C=O) groups excluding carboxylic acids is 3. The first-order chi connectivity index (χ1) is 19.8. The van der Waals surface area contributed by atoms with Crippen LogP contribution in [0.3, 0.4) is 0 Å². The lowest BCUT2D eigenvalue weighted by atomic mass is 9.99. The van der Waals surface area contributed by atoms with Crippen molar-refractivity contribution < 1.29 is 33.7 Å². The van der Waals surface area contributed by atoms with Crippen molar-refractivity contribution in [3.05, 3.63) is 88.7 Å². The predicted molar refractivity (Wildman–Crippen MR) is 157 cm³/mol. The highest BCUT2D eigenvalue weighted by Crippen LogP contribution is 2.32. The van der Waals surface area contributed by atoms with Gasteiger partial charge in [-0.3, -0.25) is 9.59 Å². The molecule has 0 radical (unpaired) electrons. The second kappa shape index (κ2) is 13.7. The van der Waals surface area contributed by atoms with Gasteiger partial charge in [-0.15, -0.1) is 12.4 Å². The molecule has 222 valence electrons. The molecule has 2 aliphatic rings. The molecule has 2 saturated heterocycles. The van der Waals surface area contributed by atoms with Crippen LogP contribution in [0.4, 0.5) is 10.1 Å². The summed E-state index contributed by atoms with van der Waals surface area (Å²) in [5.41, 5.74) is 0.562. The van der Waals surface area contributed by atoms with Gasteiger partial charge >= 0.3 is 5.97 Å². The van der Waals surface area contributed by atoms with Crippen LogP contribution < -0.4 is 15.5 Å². The van der Waals surface area contributed by atoms with Crippen molar-refractivity contribution in [2.75, 3.05) is 31.1 Å². The first-order valence-corrected chi connectivity index (χ1v) is 13.7. The van der Waals surface area contributed by atoms with Gasteiger partial charge in [0.2, 0.25) is 0 Å². The zero-order valence-corrected chi connectivity index (χ0v) is 23.7. The number of phenolic OH excluding ortho intramolecular Hbond substituents is 2. The lowest BCUT2D eigenvalue weighted by Gasteiger charge is -2.26. The number of halogens is 2. The number of phenols is 2. The summed E-state index contributed by atoms with van der Waals surface area (Å²) in [6, 6.07) is 13.8. The molecule has 3 aromatic rings. The van der Waals surface area contributed by atoms with Crippen molar-refractivity contribution in [1.82, 2.24) is 10.6 Å². The summed E-state index contributed by atoms with van der Waals surface area (Å²) in [4.78, 5) is 40.8. The number of ether oxygens (including phenoxy) is 1. The zero-order valence-electron chi connectivity index (χ0n) is 22.8. The minimum absolute atomic E-state index is 0. The fraction of sp³-hybridized carbons (Fsp3) is 0.323. The molecule has 0 aromatic heterocycles. The van der Waals surface area contributed by atoms with Crippen LogP contribution in [0.15, 0.2) is 60.7 Å². The molecule has 2 atom stereocenters. The number of anilines is 1. The SMILES string of the molecule is Cl.O=C(N[C@@H]1CNCCC[C@H]1OC(=O)c1ccc(C(=O)c2c(O)ccc(N3CCCC3)c2F)cc1)c1ccc(O)cc1. The van der Waals surface area contributed by atoms with Crippen molar-refractivity contribution in [2.45, 2.75) is 37.8 Å². The number of ketones is 1. The van der Waals surface area contributed by atoms with Crippen molar-refractivity contribution in [1.29, 1.82) is 0 Å². The third kappa shape index (κ3) is 6.83. The standard InChI is InChI=1S/C31H32FN3O6.ClH/c32-28-24(35-16-1-2-17-35)13-14-25(37)27(28)29(38)19-5-7-21(8-6-19)31(40)41-26-4-3-15-33-18-23(26)34-30(39)20-9-11-22(36)12-10-20;/h5-14,23,26,33,36-37H,1-4,15-18H2,(H,34,39);1H/t23-,26-;/m1./s1. The first-order valence-electron chi connectivity index (χ1n) is 13.7. The van der Waals surface area contributed by atoms with E-state index < -0.39 is 41.0 Å². The predicted octanol–water partition coefficient (Wildman–Crippen LogP) is 4.20. The number of hydrogen-bond donors (Lipinski definition) is 4. The van der Waals surface area contributed by atoms with Gasteiger partial charge in [-0.25, -0.2) is 9.18 Å². The number of nitrogens with zero attached hydrogens (tertiary/aromatic N) is 1. The van der Waals surface area contributed by atoms with E-state index in [1.807, 2.05) is 4.90 Å². The molecule has 0 saturated carbocycles. The van der Waals surface area contributed by atoms with Crippen LogP contribution in [0, 0.1) is 5.82 Å². The Balaban J connectivity index is 0.00000405. The topological polar surface area (TPSA) is 128 Å². The van der Waals surface area contributed by atoms with E-state index in [0.717, 1.165) is 19.3 Å². The Bertz CT molecular complexity index is 1430. The number of rotatable bonds is 7. The highest BCUT2D eigenvalue weighted by molar-refractivity contribution is 6.11. The number of carbonyl (C=O) groups is 3. The third-order valence-electron chi connectivity index (χ3n) is 7.52. The number of esters is 1. The van der Waals surface area contributed by atoms with Crippen LogP contribution in [0.5, 0.6) is 11.5 Å². The Morgan fingerprint density at radius 2 is 1.52 bits per heavy atom. The number of nitrogens with one attached hydrogen (secondary N) is 2. The summed E-state index contributed by atoms with van der Waals surface area (Å²) in [6.07, 6.45) is 2.54. The van der Waals surface area contributed by atoms with E-state index in [-0.39, 0.29) is 40.9 Å². The van der Waals surface area contributed by atoms with Gasteiger partial charge in [0.05, 0.1) is 17.3 Å². The molecule has 2 fully saturated rings. The smallest absolute Gasteiger partial charge is 0.338 e. The second-order valence-corrected chi connectivity index (χ2v) is 10.3. The molecule has 5 rings (SSSR count). The number of aromatic hydroxyl groups is 2. The van der Waals surface area contributed by atoms with Crippen molar-refractivity contribution in [3.8, 4) is 11.5 Å². The van der Waals surface area contributed by atoms with Gasteiger partial charge in [-0.1, -0.05) is 12.1 Å². The molecular formula is C31H33ClFN3O6. The number of benzene rings is 3. The average Bonchev–Trinajstić information content (AvgIpc) is 3.42. The fourth-order valence-electron chi connectivity index (χ4n) is 5.25. The maximum absolute atomic E-state index is 15.3. The summed E-state index contributed by atoms with van der Waals surface area (Å²) >= 11 is 0. The second-order valence-electron chi connectivity index (χ2n) is 10.3. The van der Waals surface area contributed by atoms with Crippen LogP contribution in [-0.4, -0.2) is 66.2 Å². The Labute approximate surface area is 249 Å². The summed E-state index contributed by atoms with van der Waals surface area (Å²) in [7, 11) is 0. The summed E-state index contributed by atoms with van der Waals surface area (Å²) in [5.74, 6) is -2.82. The average molecular weight is 598 g/mol. The van der Waals surface area contributed by atoms with Gasteiger partial charge in [0.1, 0.15) is 23.2 Å². The van der Waals surface area contributed by atoms with Gasteiger partial charge < -0.3 is 30.5 Å². The van der Waals surface area contributed by atoms with E-state index in [4.69, 9.17) is 4.74 Å². The fourth-order valence-corrected chi connectivity index (χ4v) is 5.25. The summed E-state index contributed by atoms with van der Waals surface area (Å²) in [6.45, 7) is 2.48. The van der Waals surface area contributed by atoms with Gasteiger partial charge in [0.25, 0.3) is 5.91 Å². The van der Waals surface area contributed by atoms with E-state index >= 15 is 4.39 Å². The Morgan fingerprint density at radius 3 is 2.21 bits per heavy atom. The van der Waals surface area contributed by atoms with E-state index in [1.165, 1.54) is 60.7 Å². The third-order valence-corrected chi connectivity index (χ3v) is 7.52. The lowest BCUT2D eigenvalue weighted by Crippen LogP contribution is -2.49. The van der Waals surface area contributed by atoms with E-state index in [1.54, 1.807) is 0 Å². The highest BCUT2D eigenvalue weighted by atomic mass is 35.5. The Morgan fingerprint density at radius 1 is 0.881 bits per heavy atom.